The number of aryl methyl sites for hydroxylation is 3. The summed E-state index contributed by atoms with van der Waals surface area (Å²) in [6, 6.07) is 17.0. The molecule has 0 unspecified atom stereocenters. The van der Waals surface area contributed by atoms with Crippen molar-refractivity contribution in [2.75, 3.05) is 10.6 Å². The van der Waals surface area contributed by atoms with E-state index in [-0.39, 0.29) is 11.8 Å². The number of rotatable bonds is 4. The van der Waals surface area contributed by atoms with E-state index < -0.39 is 0 Å². The molecule has 2 N–H and O–H groups in total. The van der Waals surface area contributed by atoms with Gasteiger partial charge < -0.3 is 10.6 Å². The molecule has 0 radical (unpaired) electrons. The Labute approximate surface area is 180 Å². The molecule has 156 valence electrons. The summed E-state index contributed by atoms with van der Waals surface area (Å²) in [7, 11) is 1.81. The minimum absolute atomic E-state index is 0.208. The molecule has 0 aliphatic heterocycles. The van der Waals surface area contributed by atoms with Crippen LogP contribution in [0, 0.1) is 13.8 Å². The molecule has 2 aromatic heterocycles. The minimum Gasteiger partial charge on any atom is -0.325 e. The molecule has 0 saturated carbocycles. The number of carbonyl (C=O) groups is 2. The lowest BCUT2D eigenvalue weighted by Gasteiger charge is -2.14. The van der Waals surface area contributed by atoms with Crippen LogP contribution in [0.15, 0.2) is 54.6 Å². The Kier molecular flexibility index (Phi) is 5.25. The molecule has 0 spiro atoms. The van der Waals surface area contributed by atoms with Crippen LogP contribution in [0.2, 0.25) is 0 Å². The molecular weight excluding hydrogens is 390 g/mol. The van der Waals surface area contributed by atoms with E-state index in [2.05, 4.69) is 15.7 Å². The zero-order chi connectivity index (χ0) is 22.1. The average molecular weight is 413 g/mol. The molecular formula is C24H23N5O2. The lowest BCUT2D eigenvalue weighted by atomic mass is 10.0. The molecule has 7 nitrogen and oxygen atoms in total. The Morgan fingerprint density at radius 3 is 2.39 bits per heavy atom. The van der Waals surface area contributed by atoms with Crippen molar-refractivity contribution in [3.05, 3.63) is 71.4 Å². The highest BCUT2D eigenvalue weighted by Gasteiger charge is 2.20. The minimum atomic E-state index is -0.294. The zero-order valence-corrected chi connectivity index (χ0v) is 17.9. The van der Waals surface area contributed by atoms with Crippen LogP contribution in [0.4, 0.5) is 11.4 Å². The van der Waals surface area contributed by atoms with Gasteiger partial charge in [-0.05, 0) is 37.6 Å². The molecule has 0 bridgehead atoms. The van der Waals surface area contributed by atoms with Crippen molar-refractivity contribution in [3.63, 3.8) is 0 Å². The van der Waals surface area contributed by atoms with Crippen LogP contribution in [0.3, 0.4) is 0 Å². The number of benzene rings is 2. The lowest BCUT2D eigenvalue weighted by Crippen LogP contribution is -2.16. The largest absolute Gasteiger partial charge is 0.325 e. The number of anilines is 2. The molecule has 4 rings (SSSR count). The van der Waals surface area contributed by atoms with Gasteiger partial charge in [-0.2, -0.15) is 5.10 Å². The van der Waals surface area contributed by atoms with Crippen LogP contribution in [0.1, 0.15) is 28.5 Å². The first-order valence-corrected chi connectivity index (χ1v) is 9.93. The van der Waals surface area contributed by atoms with E-state index in [1.165, 1.54) is 6.92 Å². The fraction of sp³-hybridized carbons (Fsp3) is 0.167. The molecule has 0 atom stereocenters. The second kappa shape index (κ2) is 8.02. The van der Waals surface area contributed by atoms with Gasteiger partial charge >= 0.3 is 0 Å². The third-order valence-electron chi connectivity index (χ3n) is 5.02. The van der Waals surface area contributed by atoms with Crippen molar-refractivity contribution in [1.82, 2.24) is 14.8 Å². The molecule has 0 fully saturated rings. The van der Waals surface area contributed by atoms with Gasteiger partial charge in [0.2, 0.25) is 5.91 Å². The number of nitrogens with zero attached hydrogens (tertiary/aromatic N) is 3. The number of hydrogen-bond acceptors (Lipinski definition) is 4. The van der Waals surface area contributed by atoms with Crippen LogP contribution >= 0.6 is 0 Å². The second-order valence-electron chi connectivity index (χ2n) is 7.51. The highest BCUT2D eigenvalue weighted by molar-refractivity contribution is 6.14. The fourth-order valence-electron chi connectivity index (χ4n) is 3.63. The molecule has 0 aliphatic rings. The van der Waals surface area contributed by atoms with Crippen LogP contribution in [0.25, 0.3) is 22.3 Å². The first kappa shape index (κ1) is 20.3. The molecule has 4 aromatic rings. The Morgan fingerprint density at radius 1 is 0.935 bits per heavy atom. The monoisotopic (exact) mass is 413 g/mol. The molecule has 2 heterocycles. The zero-order valence-electron chi connectivity index (χ0n) is 17.9. The van der Waals surface area contributed by atoms with Gasteiger partial charge in [0, 0.05) is 19.5 Å². The quantitative estimate of drug-likeness (QED) is 0.517. The van der Waals surface area contributed by atoms with Crippen molar-refractivity contribution < 1.29 is 9.59 Å². The third kappa shape index (κ3) is 4.02. The number of aromatic nitrogens is 3. The van der Waals surface area contributed by atoms with Crippen LogP contribution in [-0.2, 0) is 11.8 Å². The summed E-state index contributed by atoms with van der Waals surface area (Å²) in [6.07, 6.45) is 0. The lowest BCUT2D eigenvalue weighted by molar-refractivity contribution is -0.114. The smallest absolute Gasteiger partial charge is 0.256 e. The summed E-state index contributed by atoms with van der Waals surface area (Å²) in [6.45, 7) is 5.22. The number of nitrogens with one attached hydrogen (secondary N) is 2. The fourth-order valence-corrected chi connectivity index (χ4v) is 3.63. The van der Waals surface area contributed by atoms with Gasteiger partial charge in [-0.1, -0.05) is 36.4 Å². The first-order valence-electron chi connectivity index (χ1n) is 9.93. The van der Waals surface area contributed by atoms with Crippen molar-refractivity contribution in [2.45, 2.75) is 20.8 Å². The summed E-state index contributed by atoms with van der Waals surface area (Å²) < 4.78 is 1.68. The Balaban J connectivity index is 1.83. The number of carbonyl (C=O) groups excluding carboxylic acids is 2. The van der Waals surface area contributed by atoms with E-state index in [9.17, 15) is 9.59 Å². The molecule has 7 heteroatoms. The summed E-state index contributed by atoms with van der Waals surface area (Å²) in [5.74, 6) is -0.502. The van der Waals surface area contributed by atoms with Crippen molar-refractivity contribution in [1.29, 1.82) is 0 Å². The summed E-state index contributed by atoms with van der Waals surface area (Å²) in [4.78, 5) is 29.8. The molecule has 2 aromatic carbocycles. The van der Waals surface area contributed by atoms with Gasteiger partial charge in [0.05, 0.1) is 33.7 Å². The van der Waals surface area contributed by atoms with Crippen molar-refractivity contribution >= 4 is 34.2 Å². The highest BCUT2D eigenvalue weighted by Crippen LogP contribution is 2.29. The van der Waals surface area contributed by atoms with E-state index in [0.29, 0.717) is 33.7 Å². The van der Waals surface area contributed by atoms with E-state index in [1.54, 1.807) is 16.8 Å². The predicted octanol–water partition coefficient (Wildman–Crippen LogP) is 4.46. The van der Waals surface area contributed by atoms with Gasteiger partial charge in [0.1, 0.15) is 0 Å². The topological polar surface area (TPSA) is 88.9 Å². The average Bonchev–Trinajstić information content (AvgIpc) is 3.03. The number of fused-ring (bicyclic) bond motifs is 1. The maximum absolute atomic E-state index is 13.4. The van der Waals surface area contributed by atoms with Gasteiger partial charge in [0.15, 0.2) is 5.65 Å². The van der Waals surface area contributed by atoms with E-state index in [0.717, 1.165) is 16.8 Å². The summed E-state index contributed by atoms with van der Waals surface area (Å²) >= 11 is 0. The van der Waals surface area contributed by atoms with Gasteiger partial charge in [-0.25, -0.2) is 4.98 Å². The van der Waals surface area contributed by atoms with E-state index in [1.807, 2.05) is 63.4 Å². The maximum Gasteiger partial charge on any atom is 0.256 e. The first-order chi connectivity index (χ1) is 14.8. The summed E-state index contributed by atoms with van der Waals surface area (Å²) in [5, 5.41) is 10.9. The number of hydrogen-bond donors (Lipinski definition) is 2. The SMILES string of the molecule is CC(=O)Nc1ccc(C)cc1NC(=O)c1cc(-c2ccccc2)nc2c1c(C)nn2C. The number of pyridine rings is 1. The Hall–Kier alpha value is -4.00. The van der Waals surface area contributed by atoms with Crippen LogP contribution < -0.4 is 10.6 Å². The van der Waals surface area contributed by atoms with Gasteiger partial charge in [-0.15, -0.1) is 0 Å². The Bertz CT molecular complexity index is 1310. The third-order valence-corrected chi connectivity index (χ3v) is 5.02. The van der Waals surface area contributed by atoms with Crippen LogP contribution in [-0.4, -0.2) is 26.6 Å². The van der Waals surface area contributed by atoms with Gasteiger partial charge in [-0.3, -0.25) is 14.3 Å². The van der Waals surface area contributed by atoms with Crippen molar-refractivity contribution in [2.24, 2.45) is 7.05 Å². The predicted molar refractivity (Wildman–Crippen MR) is 122 cm³/mol. The highest BCUT2D eigenvalue weighted by atomic mass is 16.2. The summed E-state index contributed by atoms with van der Waals surface area (Å²) in [5.41, 5.74) is 5.48. The number of amides is 2. The Morgan fingerprint density at radius 2 is 1.68 bits per heavy atom. The van der Waals surface area contributed by atoms with Gasteiger partial charge in [0.25, 0.3) is 5.91 Å². The standard InChI is InChI=1S/C24H23N5O2/c1-14-10-11-19(25-16(3)30)21(12-14)27-24(31)18-13-20(17-8-6-5-7-9-17)26-23-22(18)15(2)28-29(23)4/h5-13H,1-4H3,(H,25,30)(H,27,31). The maximum atomic E-state index is 13.4. The molecule has 0 aliphatic carbocycles. The molecule has 31 heavy (non-hydrogen) atoms. The van der Waals surface area contributed by atoms with Crippen LogP contribution in [0.5, 0.6) is 0 Å². The molecule has 2 amide bonds. The van der Waals surface area contributed by atoms with E-state index >= 15 is 0 Å². The molecule has 0 saturated heterocycles. The van der Waals surface area contributed by atoms with E-state index in [4.69, 9.17) is 4.98 Å². The normalized spacial score (nSPS) is 10.8. The second-order valence-corrected chi connectivity index (χ2v) is 7.51. The van der Waals surface area contributed by atoms with Crippen molar-refractivity contribution in [3.8, 4) is 11.3 Å².